The molecule has 24 heavy (non-hydrogen) atoms. The van der Waals surface area contributed by atoms with Crippen LogP contribution in [0.4, 0.5) is 0 Å². The van der Waals surface area contributed by atoms with Crippen molar-refractivity contribution in [1.82, 2.24) is 5.32 Å². The van der Waals surface area contributed by atoms with Gasteiger partial charge >= 0.3 is 5.97 Å². The Hall–Kier alpha value is -2.82. The summed E-state index contributed by atoms with van der Waals surface area (Å²) in [5.41, 5.74) is 0.429. The molecule has 2 atom stereocenters. The highest BCUT2D eigenvalue weighted by molar-refractivity contribution is 6.00. The van der Waals surface area contributed by atoms with E-state index < -0.39 is 11.5 Å². The third-order valence-electron chi connectivity index (χ3n) is 4.38. The van der Waals surface area contributed by atoms with Gasteiger partial charge in [0.2, 0.25) is 0 Å². The lowest BCUT2D eigenvalue weighted by atomic mass is 10.0. The molecule has 3 rings (SSSR count). The second-order valence-corrected chi connectivity index (χ2v) is 5.82. The molecule has 1 saturated carbocycles. The van der Waals surface area contributed by atoms with Crippen molar-refractivity contribution in [3.8, 4) is 5.75 Å². The summed E-state index contributed by atoms with van der Waals surface area (Å²) in [6.07, 6.45) is 0.505. The van der Waals surface area contributed by atoms with Crippen LogP contribution in [0.3, 0.4) is 0 Å². The molecule has 2 aromatic rings. The minimum atomic E-state index is -1.02. The first kappa shape index (κ1) is 16.1. The summed E-state index contributed by atoms with van der Waals surface area (Å²) in [5, 5.41) is 2.87. The number of benzene rings is 2. The molecule has 0 aliphatic heterocycles. The van der Waals surface area contributed by atoms with Crippen molar-refractivity contribution < 1.29 is 19.1 Å². The van der Waals surface area contributed by atoms with Gasteiger partial charge in [-0.3, -0.25) is 4.79 Å². The maximum Gasteiger partial charge on any atom is 0.332 e. The van der Waals surface area contributed by atoms with Crippen LogP contribution < -0.4 is 10.1 Å². The fourth-order valence-electron chi connectivity index (χ4n) is 2.98. The molecule has 1 aliphatic rings. The van der Waals surface area contributed by atoms with Crippen LogP contribution in [-0.2, 0) is 9.53 Å². The van der Waals surface area contributed by atoms with Gasteiger partial charge in [0.15, 0.2) is 0 Å². The van der Waals surface area contributed by atoms with Gasteiger partial charge in [-0.1, -0.05) is 30.3 Å². The summed E-state index contributed by atoms with van der Waals surface area (Å²) in [6.45, 7) is 0. The lowest BCUT2D eigenvalue weighted by Gasteiger charge is -2.17. The quantitative estimate of drug-likeness (QED) is 0.858. The van der Waals surface area contributed by atoms with Crippen molar-refractivity contribution in [2.24, 2.45) is 0 Å². The lowest BCUT2D eigenvalue weighted by molar-refractivity contribution is -0.144. The summed E-state index contributed by atoms with van der Waals surface area (Å²) in [4.78, 5) is 24.8. The van der Waals surface area contributed by atoms with Crippen molar-refractivity contribution in [3.05, 3.63) is 65.7 Å². The molecule has 2 aromatic carbocycles. The number of carbonyl (C=O) groups excluding carboxylic acids is 2. The van der Waals surface area contributed by atoms with E-state index in [4.69, 9.17) is 9.47 Å². The Morgan fingerprint density at radius 3 is 2.50 bits per heavy atom. The molecule has 0 aromatic heterocycles. The van der Waals surface area contributed by atoms with Crippen LogP contribution in [0.15, 0.2) is 54.6 Å². The van der Waals surface area contributed by atoms with E-state index in [9.17, 15) is 9.59 Å². The topological polar surface area (TPSA) is 64.6 Å². The SMILES string of the molecule is COC(=O)C1(NC(=O)c2ccccc2)CC1c1cccc(OC)c1. The van der Waals surface area contributed by atoms with E-state index >= 15 is 0 Å². The number of methoxy groups -OCH3 is 2. The average molecular weight is 325 g/mol. The van der Waals surface area contributed by atoms with Crippen molar-refractivity contribution in [2.45, 2.75) is 17.9 Å². The molecule has 1 aliphatic carbocycles. The number of ether oxygens (including phenoxy) is 2. The van der Waals surface area contributed by atoms with E-state index in [2.05, 4.69) is 5.32 Å². The van der Waals surface area contributed by atoms with Gasteiger partial charge in [0, 0.05) is 11.5 Å². The van der Waals surface area contributed by atoms with Gasteiger partial charge in [-0.15, -0.1) is 0 Å². The zero-order chi connectivity index (χ0) is 17.2. The smallest absolute Gasteiger partial charge is 0.332 e. The largest absolute Gasteiger partial charge is 0.497 e. The number of rotatable bonds is 5. The first-order chi connectivity index (χ1) is 11.6. The number of esters is 1. The maximum atomic E-state index is 12.5. The summed E-state index contributed by atoms with van der Waals surface area (Å²) in [6, 6.07) is 16.3. The van der Waals surface area contributed by atoms with E-state index in [-0.39, 0.29) is 11.8 Å². The van der Waals surface area contributed by atoms with Crippen molar-refractivity contribution in [1.29, 1.82) is 0 Å². The Labute approximate surface area is 140 Å². The summed E-state index contributed by atoms with van der Waals surface area (Å²) < 4.78 is 10.2. The van der Waals surface area contributed by atoms with Crippen molar-refractivity contribution in [3.63, 3.8) is 0 Å². The van der Waals surface area contributed by atoms with Crippen LogP contribution in [0.25, 0.3) is 0 Å². The number of carbonyl (C=O) groups is 2. The van der Waals surface area contributed by atoms with Gasteiger partial charge in [0.05, 0.1) is 14.2 Å². The minimum Gasteiger partial charge on any atom is -0.497 e. The Morgan fingerprint density at radius 2 is 1.83 bits per heavy atom. The molecule has 0 spiro atoms. The Morgan fingerprint density at radius 1 is 1.08 bits per heavy atom. The fraction of sp³-hybridized carbons (Fsp3) is 0.263. The molecular formula is C19H19NO4. The number of hydrogen-bond acceptors (Lipinski definition) is 4. The molecule has 1 amide bonds. The van der Waals surface area contributed by atoms with Crippen LogP contribution in [0, 0.1) is 0 Å². The molecular weight excluding hydrogens is 306 g/mol. The Balaban J connectivity index is 1.85. The van der Waals surface area contributed by atoms with Crippen LogP contribution in [-0.4, -0.2) is 31.6 Å². The monoisotopic (exact) mass is 325 g/mol. The number of amides is 1. The molecule has 0 heterocycles. The molecule has 124 valence electrons. The first-order valence-corrected chi connectivity index (χ1v) is 7.70. The normalized spacial score (nSPS) is 21.7. The average Bonchev–Trinajstić information content (AvgIpc) is 3.37. The van der Waals surface area contributed by atoms with Gasteiger partial charge in [-0.25, -0.2) is 4.79 Å². The van der Waals surface area contributed by atoms with E-state index in [1.807, 2.05) is 30.3 Å². The van der Waals surface area contributed by atoms with Gasteiger partial charge in [-0.05, 0) is 36.2 Å². The van der Waals surface area contributed by atoms with Crippen LogP contribution in [0.1, 0.15) is 28.3 Å². The second-order valence-electron chi connectivity index (χ2n) is 5.82. The van der Waals surface area contributed by atoms with Gasteiger partial charge in [0.1, 0.15) is 11.3 Å². The lowest BCUT2D eigenvalue weighted by Crippen LogP contribution is -2.45. The maximum absolute atomic E-state index is 12.5. The number of nitrogens with one attached hydrogen (secondary N) is 1. The first-order valence-electron chi connectivity index (χ1n) is 7.70. The Bertz CT molecular complexity index is 759. The van der Waals surface area contributed by atoms with Gasteiger partial charge in [0.25, 0.3) is 5.91 Å². The summed E-state index contributed by atoms with van der Waals surface area (Å²) in [7, 11) is 2.93. The van der Waals surface area contributed by atoms with Crippen molar-refractivity contribution >= 4 is 11.9 Å². The van der Waals surface area contributed by atoms with Crippen LogP contribution in [0.2, 0.25) is 0 Å². The summed E-state index contributed by atoms with van der Waals surface area (Å²) in [5.74, 6) is -0.133. The minimum absolute atomic E-state index is 0.132. The zero-order valence-electron chi connectivity index (χ0n) is 13.6. The molecule has 1 N–H and O–H groups in total. The van der Waals surface area contributed by atoms with E-state index in [1.54, 1.807) is 31.4 Å². The zero-order valence-corrected chi connectivity index (χ0v) is 13.6. The predicted molar refractivity (Wildman–Crippen MR) is 89.0 cm³/mol. The molecule has 2 unspecified atom stereocenters. The number of hydrogen-bond donors (Lipinski definition) is 1. The highest BCUT2D eigenvalue weighted by Gasteiger charge is 2.63. The Kier molecular flexibility index (Phi) is 4.25. The molecule has 0 bridgehead atoms. The standard InChI is InChI=1S/C19H19NO4/c1-23-15-10-6-9-14(11-15)16-12-19(16,18(22)24-2)20-17(21)13-7-4-3-5-8-13/h3-11,16H,12H2,1-2H3,(H,20,21). The second kappa shape index (κ2) is 6.35. The molecule has 5 heteroatoms. The van der Waals surface area contributed by atoms with Gasteiger partial charge in [-0.2, -0.15) is 0 Å². The van der Waals surface area contributed by atoms with Crippen molar-refractivity contribution in [2.75, 3.05) is 14.2 Å². The molecule has 5 nitrogen and oxygen atoms in total. The van der Waals surface area contributed by atoms with E-state index in [1.165, 1.54) is 7.11 Å². The molecule has 1 fully saturated rings. The highest BCUT2D eigenvalue weighted by atomic mass is 16.5. The van der Waals surface area contributed by atoms with Gasteiger partial charge < -0.3 is 14.8 Å². The third-order valence-corrected chi connectivity index (χ3v) is 4.38. The predicted octanol–water partition coefficient (Wildman–Crippen LogP) is 2.52. The van der Waals surface area contributed by atoms with Crippen LogP contribution in [0.5, 0.6) is 5.75 Å². The fourth-order valence-corrected chi connectivity index (χ4v) is 2.98. The van der Waals surface area contributed by atoms with Crippen LogP contribution >= 0.6 is 0 Å². The van der Waals surface area contributed by atoms with E-state index in [0.717, 1.165) is 5.56 Å². The molecule has 0 saturated heterocycles. The van der Waals surface area contributed by atoms with E-state index in [0.29, 0.717) is 17.7 Å². The summed E-state index contributed by atoms with van der Waals surface area (Å²) >= 11 is 0. The highest BCUT2D eigenvalue weighted by Crippen LogP contribution is 2.52. The molecule has 0 radical (unpaired) electrons. The third kappa shape index (κ3) is 2.85.